The van der Waals surface area contributed by atoms with Gasteiger partial charge in [0, 0.05) is 13.1 Å². The van der Waals surface area contributed by atoms with Gasteiger partial charge in [-0.15, -0.1) is 6.42 Å². The molecule has 0 bridgehead atoms. The Morgan fingerprint density at radius 1 is 1.40 bits per heavy atom. The fourth-order valence-electron chi connectivity index (χ4n) is 2.32. The lowest BCUT2D eigenvalue weighted by molar-refractivity contribution is 0.237. The molecule has 0 aromatic carbocycles. The molecular formula is C14H19BrN4O. The highest BCUT2D eigenvalue weighted by molar-refractivity contribution is 9.10. The van der Waals surface area contributed by atoms with E-state index in [-0.39, 0.29) is 12.1 Å². The first-order chi connectivity index (χ1) is 9.72. The lowest BCUT2D eigenvalue weighted by Crippen LogP contribution is -2.34. The van der Waals surface area contributed by atoms with E-state index >= 15 is 0 Å². The molecule has 0 amide bonds. The van der Waals surface area contributed by atoms with E-state index in [0.717, 1.165) is 18.8 Å². The fraction of sp³-hybridized carbons (Fsp3) is 0.571. The van der Waals surface area contributed by atoms with Crippen LogP contribution < -0.4 is 10.9 Å². The Bertz CT molecular complexity index is 543. The van der Waals surface area contributed by atoms with Crippen LogP contribution >= 0.6 is 15.9 Å². The van der Waals surface area contributed by atoms with Crippen LogP contribution in [0.2, 0.25) is 0 Å². The molecule has 1 saturated heterocycles. The number of likely N-dealkylation sites (tertiary alicyclic amines) is 1. The normalized spacial score (nSPS) is 15.8. The summed E-state index contributed by atoms with van der Waals surface area (Å²) >= 11 is 3.31. The second-order valence-corrected chi connectivity index (χ2v) is 5.66. The molecule has 2 rings (SSSR count). The van der Waals surface area contributed by atoms with Crippen molar-refractivity contribution in [2.45, 2.75) is 25.8 Å². The average molecular weight is 339 g/mol. The van der Waals surface area contributed by atoms with Crippen molar-refractivity contribution in [1.29, 1.82) is 0 Å². The van der Waals surface area contributed by atoms with E-state index in [9.17, 15) is 4.79 Å². The zero-order chi connectivity index (χ0) is 14.4. The number of nitrogens with zero attached hydrogens (tertiary/aromatic N) is 3. The smallest absolute Gasteiger partial charge is 0.284 e. The van der Waals surface area contributed by atoms with Crippen LogP contribution in [0.5, 0.6) is 0 Å². The van der Waals surface area contributed by atoms with E-state index in [1.807, 2.05) is 0 Å². The molecule has 1 N–H and O–H groups in total. The number of hydrogen-bond acceptors (Lipinski definition) is 4. The number of terminal acetylenes is 1. The van der Waals surface area contributed by atoms with Crippen molar-refractivity contribution < 1.29 is 0 Å². The van der Waals surface area contributed by atoms with Crippen molar-refractivity contribution in [2.75, 3.05) is 31.5 Å². The Morgan fingerprint density at radius 3 is 2.85 bits per heavy atom. The van der Waals surface area contributed by atoms with Crippen molar-refractivity contribution in [3.05, 3.63) is 21.0 Å². The fourth-order valence-corrected chi connectivity index (χ4v) is 2.77. The van der Waals surface area contributed by atoms with Gasteiger partial charge >= 0.3 is 0 Å². The summed E-state index contributed by atoms with van der Waals surface area (Å²) in [6, 6.07) is 0. The van der Waals surface area contributed by atoms with Gasteiger partial charge in [0.15, 0.2) is 0 Å². The minimum Gasteiger partial charge on any atom is -0.381 e. The zero-order valence-corrected chi connectivity index (χ0v) is 13.0. The third kappa shape index (κ3) is 3.84. The minimum absolute atomic E-state index is 0.186. The van der Waals surface area contributed by atoms with E-state index in [1.165, 1.54) is 37.0 Å². The maximum Gasteiger partial charge on any atom is 0.284 e. The standard InChI is InChI=1S/C14H19BrN4O/c1-2-7-19-14(20)13(15)12(11-17-19)16-6-10-18-8-4-3-5-9-18/h1,11,16H,3-10H2. The van der Waals surface area contributed by atoms with E-state index in [2.05, 4.69) is 37.2 Å². The summed E-state index contributed by atoms with van der Waals surface area (Å²) in [7, 11) is 0. The molecule has 1 aliphatic heterocycles. The maximum absolute atomic E-state index is 12.0. The van der Waals surface area contributed by atoms with E-state index in [4.69, 9.17) is 6.42 Å². The Hall–Kier alpha value is -1.32. The summed E-state index contributed by atoms with van der Waals surface area (Å²) in [5.41, 5.74) is 0.520. The number of anilines is 1. The second-order valence-electron chi connectivity index (χ2n) is 4.87. The van der Waals surface area contributed by atoms with E-state index in [1.54, 1.807) is 6.20 Å². The first kappa shape index (κ1) is 15.1. The lowest BCUT2D eigenvalue weighted by atomic mass is 10.1. The van der Waals surface area contributed by atoms with Gasteiger partial charge in [0.2, 0.25) is 0 Å². The predicted octanol–water partition coefficient (Wildman–Crippen LogP) is 1.54. The molecule has 0 atom stereocenters. The van der Waals surface area contributed by atoms with Gasteiger partial charge in [0.25, 0.3) is 5.56 Å². The molecule has 0 unspecified atom stereocenters. The molecule has 108 valence electrons. The van der Waals surface area contributed by atoms with Crippen LogP contribution in [0.3, 0.4) is 0 Å². The Labute approximate surface area is 127 Å². The molecule has 1 aromatic rings. The number of halogens is 1. The Kier molecular flexibility index (Phi) is 5.62. The van der Waals surface area contributed by atoms with Crippen LogP contribution in [-0.4, -0.2) is 40.9 Å². The second kappa shape index (κ2) is 7.46. The summed E-state index contributed by atoms with van der Waals surface area (Å²) in [4.78, 5) is 14.4. The van der Waals surface area contributed by atoms with Crippen molar-refractivity contribution in [3.63, 3.8) is 0 Å². The number of rotatable bonds is 5. The molecule has 0 aliphatic carbocycles. The molecule has 5 nitrogen and oxygen atoms in total. The van der Waals surface area contributed by atoms with Crippen LogP contribution in [0, 0.1) is 12.3 Å². The maximum atomic E-state index is 12.0. The number of hydrogen-bond donors (Lipinski definition) is 1. The van der Waals surface area contributed by atoms with Gasteiger partial charge in [-0.2, -0.15) is 5.10 Å². The number of aromatic nitrogens is 2. The summed E-state index contributed by atoms with van der Waals surface area (Å²) < 4.78 is 1.75. The number of piperidine rings is 1. The summed E-state index contributed by atoms with van der Waals surface area (Å²) in [6.07, 6.45) is 10.7. The molecule has 0 saturated carbocycles. The first-order valence-electron chi connectivity index (χ1n) is 6.87. The van der Waals surface area contributed by atoms with Gasteiger partial charge in [-0.25, -0.2) is 4.68 Å². The molecule has 1 aliphatic rings. The van der Waals surface area contributed by atoms with Gasteiger partial charge in [0.05, 0.1) is 11.9 Å². The molecule has 20 heavy (non-hydrogen) atoms. The van der Waals surface area contributed by atoms with Gasteiger partial charge in [-0.05, 0) is 41.9 Å². The summed E-state index contributed by atoms with van der Waals surface area (Å²) in [5.74, 6) is 2.41. The Morgan fingerprint density at radius 2 is 2.15 bits per heavy atom. The van der Waals surface area contributed by atoms with Crippen molar-refractivity contribution in [1.82, 2.24) is 14.7 Å². The molecule has 0 radical (unpaired) electrons. The average Bonchev–Trinajstić information content (AvgIpc) is 2.48. The van der Waals surface area contributed by atoms with Gasteiger partial charge in [-0.1, -0.05) is 12.3 Å². The van der Waals surface area contributed by atoms with Crippen molar-refractivity contribution >= 4 is 21.6 Å². The van der Waals surface area contributed by atoms with Crippen LogP contribution in [0.1, 0.15) is 19.3 Å². The van der Waals surface area contributed by atoms with Crippen LogP contribution in [0.4, 0.5) is 5.69 Å². The third-order valence-corrected chi connectivity index (χ3v) is 4.18. The van der Waals surface area contributed by atoms with Crippen LogP contribution in [-0.2, 0) is 6.54 Å². The highest BCUT2D eigenvalue weighted by atomic mass is 79.9. The topological polar surface area (TPSA) is 50.2 Å². The minimum atomic E-state index is -0.203. The van der Waals surface area contributed by atoms with Crippen molar-refractivity contribution in [2.24, 2.45) is 0 Å². The number of nitrogens with one attached hydrogen (secondary N) is 1. The summed E-state index contributed by atoms with van der Waals surface area (Å²) in [6.45, 7) is 4.32. The van der Waals surface area contributed by atoms with Gasteiger partial charge in [0.1, 0.15) is 11.0 Å². The third-order valence-electron chi connectivity index (χ3n) is 3.42. The van der Waals surface area contributed by atoms with Crippen LogP contribution in [0.25, 0.3) is 0 Å². The monoisotopic (exact) mass is 338 g/mol. The highest BCUT2D eigenvalue weighted by Gasteiger charge is 2.11. The Balaban J connectivity index is 1.91. The highest BCUT2D eigenvalue weighted by Crippen LogP contribution is 2.16. The zero-order valence-electron chi connectivity index (χ0n) is 11.4. The molecule has 2 heterocycles. The molecule has 1 aromatic heterocycles. The lowest BCUT2D eigenvalue weighted by Gasteiger charge is -2.26. The molecule has 0 spiro atoms. The van der Waals surface area contributed by atoms with Gasteiger partial charge in [-0.3, -0.25) is 4.79 Å². The van der Waals surface area contributed by atoms with Gasteiger partial charge < -0.3 is 10.2 Å². The van der Waals surface area contributed by atoms with Crippen LogP contribution in [0.15, 0.2) is 15.5 Å². The predicted molar refractivity (Wildman–Crippen MR) is 83.8 cm³/mol. The first-order valence-corrected chi connectivity index (χ1v) is 7.67. The van der Waals surface area contributed by atoms with E-state index in [0.29, 0.717) is 4.47 Å². The van der Waals surface area contributed by atoms with Crippen molar-refractivity contribution in [3.8, 4) is 12.3 Å². The molecule has 1 fully saturated rings. The van der Waals surface area contributed by atoms with E-state index < -0.39 is 0 Å². The SMILES string of the molecule is C#CCn1ncc(NCCN2CCCCC2)c(Br)c1=O. The quantitative estimate of drug-likeness (QED) is 0.827. The molecule has 6 heteroatoms. The molecular weight excluding hydrogens is 320 g/mol. The largest absolute Gasteiger partial charge is 0.381 e. The summed E-state index contributed by atoms with van der Waals surface area (Å²) in [5, 5.41) is 7.30.